The second-order valence-corrected chi connectivity index (χ2v) is 6.26. The van der Waals surface area contributed by atoms with Crippen LogP contribution >= 0.6 is 0 Å². The average Bonchev–Trinajstić information content (AvgIpc) is 2.95. The number of hydrogen-bond donors (Lipinski definition) is 1. The number of nitrogens with zero attached hydrogens (tertiary/aromatic N) is 3. The molecule has 0 radical (unpaired) electrons. The van der Waals surface area contributed by atoms with Gasteiger partial charge in [0.05, 0.1) is 17.8 Å². The molecule has 2 aliphatic rings. The SMILES string of the molecule is O=C(Nc1ccc2c(n1)CCCC2)c1cnn(C2CCC2)c1. The molecule has 0 unspecified atom stereocenters. The highest BCUT2D eigenvalue weighted by Crippen LogP contribution is 2.30. The standard InChI is InChI=1S/C17H20N4O/c22-17(13-10-18-21(11-13)14-5-3-6-14)20-16-9-8-12-4-1-2-7-15(12)19-16/h8-11,14H,1-7H2,(H,19,20,22). The predicted molar refractivity (Wildman–Crippen MR) is 83.9 cm³/mol. The monoisotopic (exact) mass is 296 g/mol. The number of fused-ring (bicyclic) bond motifs is 1. The van der Waals surface area contributed by atoms with Gasteiger partial charge < -0.3 is 5.32 Å². The van der Waals surface area contributed by atoms with Crippen molar-refractivity contribution in [3.8, 4) is 0 Å². The molecule has 2 aliphatic carbocycles. The lowest BCUT2D eigenvalue weighted by atomic mass is 9.93. The maximum Gasteiger partial charge on any atom is 0.260 e. The van der Waals surface area contributed by atoms with Gasteiger partial charge >= 0.3 is 0 Å². The smallest absolute Gasteiger partial charge is 0.260 e. The van der Waals surface area contributed by atoms with E-state index in [0.29, 0.717) is 17.4 Å². The van der Waals surface area contributed by atoms with E-state index in [1.165, 1.54) is 24.8 Å². The van der Waals surface area contributed by atoms with Gasteiger partial charge in [0.15, 0.2) is 0 Å². The summed E-state index contributed by atoms with van der Waals surface area (Å²) in [6, 6.07) is 4.47. The number of nitrogens with one attached hydrogen (secondary N) is 1. The van der Waals surface area contributed by atoms with Crippen molar-refractivity contribution in [2.24, 2.45) is 0 Å². The fourth-order valence-corrected chi connectivity index (χ4v) is 3.15. The summed E-state index contributed by atoms with van der Waals surface area (Å²) in [5.74, 6) is 0.510. The van der Waals surface area contributed by atoms with Gasteiger partial charge in [-0.1, -0.05) is 6.07 Å². The van der Waals surface area contributed by atoms with Crippen LogP contribution in [-0.2, 0) is 12.8 Å². The molecule has 0 aliphatic heterocycles. The Morgan fingerprint density at radius 2 is 2.05 bits per heavy atom. The summed E-state index contributed by atoms with van der Waals surface area (Å²) < 4.78 is 1.92. The van der Waals surface area contributed by atoms with E-state index in [2.05, 4.69) is 21.5 Å². The third-order valence-electron chi connectivity index (χ3n) is 4.73. The Morgan fingerprint density at radius 3 is 2.86 bits per heavy atom. The molecule has 0 aromatic carbocycles. The van der Waals surface area contributed by atoms with E-state index in [0.717, 1.165) is 31.4 Å². The molecule has 1 fully saturated rings. The molecule has 1 amide bonds. The highest BCUT2D eigenvalue weighted by molar-refractivity contribution is 6.03. The van der Waals surface area contributed by atoms with Crippen molar-refractivity contribution in [2.75, 3.05) is 5.32 Å². The van der Waals surface area contributed by atoms with Gasteiger partial charge in [-0.2, -0.15) is 5.10 Å². The summed E-state index contributed by atoms with van der Waals surface area (Å²) in [6.45, 7) is 0. The largest absolute Gasteiger partial charge is 0.306 e. The van der Waals surface area contributed by atoms with Crippen molar-refractivity contribution < 1.29 is 4.79 Å². The van der Waals surface area contributed by atoms with Gasteiger partial charge in [-0.25, -0.2) is 4.98 Å². The van der Waals surface area contributed by atoms with E-state index >= 15 is 0 Å². The number of rotatable bonds is 3. The number of pyridine rings is 1. The molecule has 5 heteroatoms. The number of aryl methyl sites for hydroxylation is 2. The average molecular weight is 296 g/mol. The van der Waals surface area contributed by atoms with Gasteiger partial charge in [-0.15, -0.1) is 0 Å². The zero-order valence-corrected chi connectivity index (χ0v) is 12.6. The number of carbonyl (C=O) groups is 1. The lowest BCUT2D eigenvalue weighted by Gasteiger charge is -2.25. The Balaban J connectivity index is 1.48. The second kappa shape index (κ2) is 5.55. The molecule has 5 nitrogen and oxygen atoms in total. The van der Waals surface area contributed by atoms with Gasteiger partial charge in [0.2, 0.25) is 0 Å². The molecule has 2 aromatic rings. The van der Waals surface area contributed by atoms with Crippen LogP contribution in [0.15, 0.2) is 24.5 Å². The minimum atomic E-state index is -0.131. The second-order valence-electron chi connectivity index (χ2n) is 6.26. The number of amides is 1. The lowest BCUT2D eigenvalue weighted by molar-refractivity contribution is 0.102. The molecule has 22 heavy (non-hydrogen) atoms. The first-order chi connectivity index (χ1) is 10.8. The van der Waals surface area contributed by atoms with Crippen LogP contribution in [0.4, 0.5) is 5.82 Å². The van der Waals surface area contributed by atoms with E-state index < -0.39 is 0 Å². The Hall–Kier alpha value is -2.17. The van der Waals surface area contributed by atoms with E-state index in [1.807, 2.05) is 16.9 Å². The molecule has 114 valence electrons. The van der Waals surface area contributed by atoms with Crippen LogP contribution in [0.25, 0.3) is 0 Å². The number of anilines is 1. The molecule has 0 spiro atoms. The van der Waals surface area contributed by atoms with Crippen LogP contribution in [-0.4, -0.2) is 20.7 Å². The molecule has 0 bridgehead atoms. The van der Waals surface area contributed by atoms with Crippen LogP contribution in [0.5, 0.6) is 0 Å². The Kier molecular flexibility index (Phi) is 3.41. The lowest BCUT2D eigenvalue weighted by Crippen LogP contribution is -2.17. The summed E-state index contributed by atoms with van der Waals surface area (Å²) >= 11 is 0. The van der Waals surface area contributed by atoms with Gasteiger partial charge in [-0.3, -0.25) is 9.48 Å². The summed E-state index contributed by atoms with van der Waals surface area (Å²) in [4.78, 5) is 16.9. The highest BCUT2D eigenvalue weighted by Gasteiger charge is 2.21. The molecular weight excluding hydrogens is 276 g/mol. The summed E-state index contributed by atoms with van der Waals surface area (Å²) in [5, 5.41) is 7.20. The van der Waals surface area contributed by atoms with Crippen LogP contribution in [0.1, 0.15) is 59.8 Å². The Morgan fingerprint density at radius 1 is 1.18 bits per heavy atom. The molecule has 4 rings (SSSR count). The molecule has 0 saturated heterocycles. The van der Waals surface area contributed by atoms with Crippen molar-refractivity contribution in [1.82, 2.24) is 14.8 Å². The van der Waals surface area contributed by atoms with Crippen LogP contribution in [0, 0.1) is 0 Å². The minimum Gasteiger partial charge on any atom is -0.306 e. The Labute approximate surface area is 129 Å². The first-order valence-corrected chi connectivity index (χ1v) is 8.14. The molecule has 2 heterocycles. The third kappa shape index (κ3) is 2.51. The first-order valence-electron chi connectivity index (χ1n) is 8.14. The van der Waals surface area contributed by atoms with Crippen molar-refractivity contribution >= 4 is 11.7 Å². The first kappa shape index (κ1) is 13.5. The zero-order valence-electron chi connectivity index (χ0n) is 12.6. The van der Waals surface area contributed by atoms with Crippen LogP contribution < -0.4 is 5.32 Å². The zero-order chi connectivity index (χ0) is 14.9. The number of carbonyl (C=O) groups excluding carboxylic acids is 1. The van der Waals surface area contributed by atoms with E-state index in [4.69, 9.17) is 0 Å². The van der Waals surface area contributed by atoms with Crippen LogP contribution in [0.2, 0.25) is 0 Å². The summed E-state index contributed by atoms with van der Waals surface area (Å²) in [7, 11) is 0. The summed E-state index contributed by atoms with van der Waals surface area (Å²) in [6.07, 6.45) is 11.6. The molecule has 2 aromatic heterocycles. The van der Waals surface area contributed by atoms with E-state index in [9.17, 15) is 4.79 Å². The quantitative estimate of drug-likeness (QED) is 0.946. The van der Waals surface area contributed by atoms with E-state index in [1.54, 1.807) is 6.20 Å². The highest BCUT2D eigenvalue weighted by atomic mass is 16.1. The number of aromatic nitrogens is 3. The maximum absolute atomic E-state index is 12.3. The van der Waals surface area contributed by atoms with Gasteiger partial charge in [0.25, 0.3) is 5.91 Å². The Bertz CT molecular complexity index is 702. The molecule has 1 saturated carbocycles. The van der Waals surface area contributed by atoms with Gasteiger partial charge in [0.1, 0.15) is 5.82 Å². The van der Waals surface area contributed by atoms with Gasteiger partial charge in [-0.05, 0) is 56.6 Å². The maximum atomic E-state index is 12.3. The fourth-order valence-electron chi connectivity index (χ4n) is 3.15. The fraction of sp³-hybridized carbons (Fsp3) is 0.471. The molecule has 1 N–H and O–H groups in total. The van der Waals surface area contributed by atoms with Crippen molar-refractivity contribution in [2.45, 2.75) is 51.0 Å². The number of hydrogen-bond acceptors (Lipinski definition) is 3. The molecule has 0 atom stereocenters. The van der Waals surface area contributed by atoms with Crippen molar-refractivity contribution in [1.29, 1.82) is 0 Å². The normalized spacial score (nSPS) is 17.6. The van der Waals surface area contributed by atoms with Crippen molar-refractivity contribution in [3.05, 3.63) is 41.3 Å². The van der Waals surface area contributed by atoms with Crippen molar-refractivity contribution in [3.63, 3.8) is 0 Å². The summed E-state index contributed by atoms with van der Waals surface area (Å²) in [5.41, 5.74) is 3.06. The van der Waals surface area contributed by atoms with E-state index in [-0.39, 0.29) is 5.91 Å². The minimum absolute atomic E-state index is 0.131. The van der Waals surface area contributed by atoms with Crippen LogP contribution in [0.3, 0.4) is 0 Å². The third-order valence-corrected chi connectivity index (χ3v) is 4.73. The predicted octanol–water partition coefficient (Wildman–Crippen LogP) is 3.13. The topological polar surface area (TPSA) is 59.8 Å². The van der Waals surface area contributed by atoms with Gasteiger partial charge in [0, 0.05) is 11.9 Å². The molecular formula is C17H20N4O.